The summed E-state index contributed by atoms with van der Waals surface area (Å²) in [5.74, 6) is -0.799. The van der Waals surface area contributed by atoms with Crippen molar-refractivity contribution in [2.45, 2.75) is 39.8 Å². The van der Waals surface area contributed by atoms with E-state index in [-0.39, 0.29) is 30.2 Å². The number of nitrogens with one attached hydrogen (secondary N) is 2. The van der Waals surface area contributed by atoms with Gasteiger partial charge in [0.05, 0.1) is 11.4 Å². The molecule has 1 heterocycles. The number of halogens is 2. The molecular weight excluding hydrogens is 443 g/mol. The summed E-state index contributed by atoms with van der Waals surface area (Å²) in [7, 11) is 0. The highest BCUT2D eigenvalue weighted by Gasteiger charge is 2.13. The Bertz CT molecular complexity index is 1170. The third kappa shape index (κ3) is 6.29. The fraction of sp³-hybridized carbons (Fsp3) is 0.240. The standard InChI is InChI=1S/C25H26ClFN4O2/c1-4-16(2)29-25(33)19-7-5-6-18(14-19)15-28-23(32)13-12-22-17(3)30-31(24(22)26)21-10-8-20(27)9-11-21/h5-14,16H,4,15H2,1-3H3,(H,28,32)(H,29,33)/b13-12+. The molecule has 2 aromatic carbocycles. The predicted molar refractivity (Wildman–Crippen MR) is 128 cm³/mol. The maximum Gasteiger partial charge on any atom is 0.251 e. The Labute approximate surface area is 197 Å². The van der Waals surface area contributed by atoms with E-state index in [0.29, 0.717) is 27.7 Å². The lowest BCUT2D eigenvalue weighted by atomic mass is 10.1. The van der Waals surface area contributed by atoms with Gasteiger partial charge in [0, 0.05) is 29.8 Å². The molecule has 8 heteroatoms. The number of aromatic nitrogens is 2. The number of nitrogens with zero attached hydrogens (tertiary/aromatic N) is 2. The average molecular weight is 469 g/mol. The molecule has 172 valence electrons. The Hall–Kier alpha value is -3.45. The first kappa shape index (κ1) is 24.2. The number of amides is 2. The molecule has 0 fully saturated rings. The van der Waals surface area contributed by atoms with E-state index in [0.717, 1.165) is 12.0 Å². The van der Waals surface area contributed by atoms with Gasteiger partial charge in [0.25, 0.3) is 5.91 Å². The van der Waals surface area contributed by atoms with E-state index in [1.54, 1.807) is 43.3 Å². The van der Waals surface area contributed by atoms with Crippen molar-refractivity contribution in [3.8, 4) is 5.69 Å². The van der Waals surface area contributed by atoms with Gasteiger partial charge in [-0.15, -0.1) is 0 Å². The first-order valence-corrected chi connectivity index (χ1v) is 11.0. The largest absolute Gasteiger partial charge is 0.350 e. The number of carbonyl (C=O) groups excluding carboxylic acids is 2. The van der Waals surface area contributed by atoms with Gasteiger partial charge in [0.2, 0.25) is 5.91 Å². The smallest absolute Gasteiger partial charge is 0.251 e. The van der Waals surface area contributed by atoms with Gasteiger partial charge >= 0.3 is 0 Å². The van der Waals surface area contributed by atoms with E-state index in [2.05, 4.69) is 15.7 Å². The highest BCUT2D eigenvalue weighted by molar-refractivity contribution is 6.31. The van der Waals surface area contributed by atoms with Crippen LogP contribution in [0.3, 0.4) is 0 Å². The molecule has 0 spiro atoms. The van der Waals surface area contributed by atoms with Crippen molar-refractivity contribution in [3.05, 3.63) is 88.0 Å². The van der Waals surface area contributed by atoms with Crippen LogP contribution in [0.2, 0.25) is 5.15 Å². The van der Waals surface area contributed by atoms with Crippen molar-refractivity contribution in [2.75, 3.05) is 0 Å². The maximum absolute atomic E-state index is 13.2. The average Bonchev–Trinajstić information content (AvgIpc) is 3.10. The zero-order chi connectivity index (χ0) is 24.0. The van der Waals surface area contributed by atoms with Gasteiger partial charge < -0.3 is 10.6 Å². The van der Waals surface area contributed by atoms with E-state index >= 15 is 0 Å². The van der Waals surface area contributed by atoms with Crippen molar-refractivity contribution < 1.29 is 14.0 Å². The van der Waals surface area contributed by atoms with E-state index in [1.807, 2.05) is 19.9 Å². The quantitative estimate of drug-likeness (QED) is 0.465. The number of carbonyl (C=O) groups is 2. The topological polar surface area (TPSA) is 76.0 Å². The molecular formula is C25H26ClFN4O2. The van der Waals surface area contributed by atoms with Crippen molar-refractivity contribution in [3.63, 3.8) is 0 Å². The lowest BCUT2D eigenvalue weighted by Gasteiger charge is -2.12. The summed E-state index contributed by atoms with van der Waals surface area (Å²) in [6.07, 6.45) is 3.82. The van der Waals surface area contributed by atoms with Gasteiger partial charge in [-0.2, -0.15) is 5.10 Å². The molecule has 2 N–H and O–H groups in total. The van der Waals surface area contributed by atoms with Crippen LogP contribution in [0.1, 0.15) is 47.4 Å². The summed E-state index contributed by atoms with van der Waals surface area (Å²) in [6.45, 7) is 6.01. The summed E-state index contributed by atoms with van der Waals surface area (Å²) in [5, 5.41) is 10.4. The van der Waals surface area contributed by atoms with Crippen molar-refractivity contribution in [1.29, 1.82) is 0 Å². The van der Waals surface area contributed by atoms with E-state index < -0.39 is 0 Å². The second-order valence-corrected chi connectivity index (χ2v) is 8.07. The molecule has 0 aliphatic rings. The van der Waals surface area contributed by atoms with Gasteiger partial charge in [0.15, 0.2) is 0 Å². The zero-order valence-electron chi connectivity index (χ0n) is 18.7. The Morgan fingerprint density at radius 3 is 2.64 bits per heavy atom. The lowest BCUT2D eigenvalue weighted by Crippen LogP contribution is -2.32. The highest BCUT2D eigenvalue weighted by Crippen LogP contribution is 2.24. The third-order valence-electron chi connectivity index (χ3n) is 5.17. The molecule has 33 heavy (non-hydrogen) atoms. The molecule has 3 aromatic rings. The van der Waals surface area contributed by atoms with Crippen molar-refractivity contribution in [1.82, 2.24) is 20.4 Å². The van der Waals surface area contributed by atoms with Crippen LogP contribution in [0, 0.1) is 12.7 Å². The zero-order valence-corrected chi connectivity index (χ0v) is 19.5. The molecule has 0 bridgehead atoms. The van der Waals surface area contributed by atoms with E-state index in [1.165, 1.54) is 22.9 Å². The van der Waals surface area contributed by atoms with Crippen LogP contribution in [-0.2, 0) is 11.3 Å². The van der Waals surface area contributed by atoms with Crippen LogP contribution in [0.4, 0.5) is 4.39 Å². The van der Waals surface area contributed by atoms with E-state index in [4.69, 9.17) is 11.6 Å². The van der Waals surface area contributed by atoms with Crippen LogP contribution >= 0.6 is 11.6 Å². The van der Waals surface area contributed by atoms with Crippen LogP contribution < -0.4 is 10.6 Å². The molecule has 1 atom stereocenters. The number of rotatable bonds is 8. The predicted octanol–water partition coefficient (Wildman–Crippen LogP) is 4.83. The maximum atomic E-state index is 13.2. The van der Waals surface area contributed by atoms with Gasteiger partial charge in [-0.05, 0) is 68.3 Å². The molecule has 3 rings (SSSR count). The number of hydrogen-bond acceptors (Lipinski definition) is 3. The minimum Gasteiger partial charge on any atom is -0.350 e. The fourth-order valence-electron chi connectivity index (χ4n) is 3.09. The number of benzene rings is 2. The Morgan fingerprint density at radius 1 is 1.21 bits per heavy atom. The Morgan fingerprint density at radius 2 is 1.94 bits per heavy atom. The van der Waals surface area contributed by atoms with Gasteiger partial charge in [-0.25, -0.2) is 9.07 Å². The SMILES string of the molecule is CCC(C)NC(=O)c1cccc(CNC(=O)/C=C/c2c(C)nn(-c3ccc(F)cc3)c2Cl)c1. The molecule has 0 saturated heterocycles. The van der Waals surface area contributed by atoms with E-state index in [9.17, 15) is 14.0 Å². The summed E-state index contributed by atoms with van der Waals surface area (Å²) in [5.41, 5.74) is 3.21. The summed E-state index contributed by atoms with van der Waals surface area (Å²) in [4.78, 5) is 24.6. The molecule has 0 aliphatic heterocycles. The highest BCUT2D eigenvalue weighted by atomic mass is 35.5. The second-order valence-electron chi connectivity index (χ2n) is 7.71. The summed E-state index contributed by atoms with van der Waals surface area (Å²) >= 11 is 6.44. The molecule has 0 saturated carbocycles. The second kappa shape index (κ2) is 10.9. The van der Waals surface area contributed by atoms with Crippen LogP contribution in [0.25, 0.3) is 11.8 Å². The third-order valence-corrected chi connectivity index (χ3v) is 5.53. The fourth-order valence-corrected chi connectivity index (χ4v) is 3.43. The number of aryl methyl sites for hydroxylation is 1. The minimum absolute atomic E-state index is 0.0914. The van der Waals surface area contributed by atoms with Crippen LogP contribution in [0.5, 0.6) is 0 Å². The molecule has 6 nitrogen and oxygen atoms in total. The van der Waals surface area contributed by atoms with Gasteiger partial charge in [-0.1, -0.05) is 30.7 Å². The van der Waals surface area contributed by atoms with Crippen molar-refractivity contribution >= 4 is 29.5 Å². The molecule has 1 unspecified atom stereocenters. The normalized spacial score (nSPS) is 12.0. The Balaban J connectivity index is 1.64. The van der Waals surface area contributed by atoms with Crippen LogP contribution in [-0.4, -0.2) is 27.6 Å². The summed E-state index contributed by atoms with van der Waals surface area (Å²) < 4.78 is 14.7. The first-order valence-electron chi connectivity index (χ1n) is 10.6. The molecule has 2 amide bonds. The summed E-state index contributed by atoms with van der Waals surface area (Å²) in [6, 6.07) is 13.0. The molecule has 1 aromatic heterocycles. The Kier molecular flexibility index (Phi) is 8.01. The molecule has 0 aliphatic carbocycles. The lowest BCUT2D eigenvalue weighted by molar-refractivity contribution is -0.116. The molecule has 0 radical (unpaired) electrons. The van der Waals surface area contributed by atoms with Crippen LogP contribution in [0.15, 0.2) is 54.6 Å². The van der Waals surface area contributed by atoms with Crippen molar-refractivity contribution in [2.24, 2.45) is 0 Å². The first-order chi connectivity index (χ1) is 15.8. The van der Waals surface area contributed by atoms with Gasteiger partial charge in [-0.3, -0.25) is 9.59 Å². The monoisotopic (exact) mass is 468 g/mol. The van der Waals surface area contributed by atoms with Gasteiger partial charge in [0.1, 0.15) is 11.0 Å². The minimum atomic E-state index is -0.350. The number of hydrogen-bond donors (Lipinski definition) is 2.